The van der Waals surface area contributed by atoms with Crippen LogP contribution in [0.1, 0.15) is 32.6 Å². The zero-order chi connectivity index (χ0) is 15.1. The molecule has 1 fully saturated rings. The summed E-state index contributed by atoms with van der Waals surface area (Å²) in [6.07, 6.45) is 1.77. The number of rotatable bonds is 4. The summed E-state index contributed by atoms with van der Waals surface area (Å²) < 4.78 is 24.4. The Hall–Kier alpha value is -1.95. The van der Waals surface area contributed by atoms with Crippen molar-refractivity contribution in [1.82, 2.24) is 15.5 Å². The van der Waals surface area contributed by atoms with Gasteiger partial charge in [-0.3, -0.25) is 0 Å². The Labute approximate surface area is 122 Å². The highest BCUT2D eigenvalue weighted by Crippen LogP contribution is 2.49. The molecule has 1 saturated carbocycles. The second-order valence-electron chi connectivity index (χ2n) is 6.13. The van der Waals surface area contributed by atoms with Crippen molar-refractivity contribution in [3.05, 3.63) is 36.0 Å². The van der Waals surface area contributed by atoms with Crippen LogP contribution >= 0.6 is 0 Å². The maximum absolute atomic E-state index is 13.5. The predicted octanol–water partition coefficient (Wildman–Crippen LogP) is 3.03. The van der Waals surface area contributed by atoms with Crippen LogP contribution in [0.2, 0.25) is 0 Å². The molecule has 1 heterocycles. The Kier molecular flexibility index (Phi) is 3.20. The van der Waals surface area contributed by atoms with E-state index in [2.05, 4.69) is 29.4 Å². The van der Waals surface area contributed by atoms with Crippen molar-refractivity contribution in [2.24, 2.45) is 0 Å². The van der Waals surface area contributed by atoms with Crippen molar-refractivity contribution in [1.29, 1.82) is 0 Å². The normalized spacial score (nSPS) is 28.2. The number of hydrogen-bond donors (Lipinski definition) is 1. The maximum Gasteiger partial charge on any atom is 0.420 e. The maximum atomic E-state index is 13.5. The molecule has 5 nitrogen and oxygen atoms in total. The van der Waals surface area contributed by atoms with Crippen molar-refractivity contribution < 1.29 is 13.5 Å². The van der Waals surface area contributed by atoms with E-state index in [0.717, 1.165) is 12.8 Å². The highest BCUT2D eigenvalue weighted by atomic mass is 19.1. The Balaban J connectivity index is 1.75. The second kappa shape index (κ2) is 4.80. The van der Waals surface area contributed by atoms with Crippen LogP contribution in [0.3, 0.4) is 0 Å². The fourth-order valence-electron chi connectivity index (χ4n) is 3.11. The molecule has 6 heteroatoms. The molecule has 3 rings (SSSR count). The Morgan fingerprint density at radius 2 is 1.95 bits per heavy atom. The Morgan fingerprint density at radius 1 is 1.24 bits per heavy atom. The number of aromatic nitrogens is 2. The molecule has 112 valence electrons. The van der Waals surface area contributed by atoms with Crippen molar-refractivity contribution in [2.75, 3.05) is 7.05 Å². The Morgan fingerprint density at radius 3 is 2.62 bits per heavy atom. The van der Waals surface area contributed by atoms with Gasteiger partial charge < -0.3 is 14.5 Å². The monoisotopic (exact) mass is 291 g/mol. The van der Waals surface area contributed by atoms with E-state index in [1.54, 1.807) is 12.1 Å². The molecule has 1 aliphatic carbocycles. The van der Waals surface area contributed by atoms with Crippen molar-refractivity contribution >= 4 is 0 Å². The summed E-state index contributed by atoms with van der Waals surface area (Å²) in [5.41, 5.74) is -0.0720. The van der Waals surface area contributed by atoms with Gasteiger partial charge in [-0.05, 0) is 38.9 Å². The molecule has 2 aromatic rings. The lowest BCUT2D eigenvalue weighted by Crippen LogP contribution is -2.58. The number of hydrogen-bond acceptors (Lipinski definition) is 5. The topological polar surface area (TPSA) is 60.2 Å². The highest BCUT2D eigenvalue weighted by molar-refractivity contribution is 5.26. The lowest BCUT2D eigenvalue weighted by molar-refractivity contribution is 0.0783. The predicted molar refractivity (Wildman–Crippen MR) is 74.8 cm³/mol. The molecular formula is C15H18FN3O2. The molecule has 1 aliphatic rings. The lowest BCUT2D eigenvalue weighted by Gasteiger charge is -2.50. The van der Waals surface area contributed by atoms with E-state index >= 15 is 0 Å². The average Bonchev–Trinajstić information content (AvgIpc) is 2.89. The molecule has 0 bridgehead atoms. The van der Waals surface area contributed by atoms with Crippen LogP contribution < -0.4 is 10.1 Å². The number of nitrogens with zero attached hydrogens (tertiary/aromatic N) is 2. The average molecular weight is 291 g/mol. The zero-order valence-electron chi connectivity index (χ0n) is 12.3. The minimum atomic E-state index is -0.463. The highest BCUT2D eigenvalue weighted by Gasteiger charge is 2.52. The molecule has 21 heavy (non-hydrogen) atoms. The fourth-order valence-corrected chi connectivity index (χ4v) is 3.11. The first-order valence-electron chi connectivity index (χ1n) is 6.89. The largest absolute Gasteiger partial charge is 0.420 e. The van der Waals surface area contributed by atoms with Gasteiger partial charge in [0, 0.05) is 11.0 Å². The fraction of sp³-hybridized carbons (Fsp3) is 0.467. The van der Waals surface area contributed by atoms with Crippen LogP contribution in [0.5, 0.6) is 11.8 Å². The van der Waals surface area contributed by atoms with Gasteiger partial charge in [0.2, 0.25) is 5.89 Å². The van der Waals surface area contributed by atoms with Gasteiger partial charge in [0.15, 0.2) is 11.6 Å². The van der Waals surface area contributed by atoms with Gasteiger partial charge in [-0.15, -0.1) is 5.10 Å². The molecule has 0 amide bonds. The quantitative estimate of drug-likeness (QED) is 0.938. The smallest absolute Gasteiger partial charge is 0.407 e. The molecule has 0 saturated heterocycles. The van der Waals surface area contributed by atoms with Crippen LogP contribution in [0.4, 0.5) is 4.39 Å². The van der Waals surface area contributed by atoms with Crippen LogP contribution in [-0.4, -0.2) is 22.8 Å². The molecule has 0 spiro atoms. The zero-order valence-corrected chi connectivity index (χ0v) is 12.3. The number of nitrogens with one attached hydrogen (secondary N) is 1. The van der Waals surface area contributed by atoms with Gasteiger partial charge in [-0.2, -0.15) is 0 Å². The van der Waals surface area contributed by atoms with E-state index < -0.39 is 5.82 Å². The van der Waals surface area contributed by atoms with E-state index in [9.17, 15) is 4.39 Å². The standard InChI is InChI=1S/C15H18FN3O2/c1-14(8-15(2,9-14)17-3)12-18-19-13(21-12)20-11-7-5-4-6-10(11)16/h4-7,17H,8-9H2,1-3H3. The first-order chi connectivity index (χ1) is 9.94. The molecule has 0 radical (unpaired) electrons. The summed E-state index contributed by atoms with van der Waals surface area (Å²) in [6, 6.07) is 6.11. The van der Waals surface area contributed by atoms with E-state index in [1.165, 1.54) is 12.1 Å². The lowest BCUT2D eigenvalue weighted by atomic mass is 9.59. The summed E-state index contributed by atoms with van der Waals surface area (Å²) in [5, 5.41) is 11.2. The molecule has 0 unspecified atom stereocenters. The van der Waals surface area contributed by atoms with Gasteiger partial charge in [0.1, 0.15) is 0 Å². The number of ether oxygens (including phenoxy) is 1. The molecule has 1 aromatic carbocycles. The minimum Gasteiger partial charge on any atom is -0.407 e. The van der Waals surface area contributed by atoms with Crippen LogP contribution in [0.25, 0.3) is 0 Å². The summed E-state index contributed by atoms with van der Waals surface area (Å²) >= 11 is 0. The van der Waals surface area contributed by atoms with Crippen LogP contribution in [-0.2, 0) is 5.41 Å². The number of benzene rings is 1. The van der Waals surface area contributed by atoms with Crippen molar-refractivity contribution in [2.45, 2.75) is 37.6 Å². The van der Waals surface area contributed by atoms with Gasteiger partial charge in [0.25, 0.3) is 0 Å². The van der Waals surface area contributed by atoms with Crippen molar-refractivity contribution in [3.8, 4) is 11.8 Å². The number of para-hydroxylation sites is 1. The van der Waals surface area contributed by atoms with E-state index in [4.69, 9.17) is 9.15 Å². The summed E-state index contributed by atoms with van der Waals surface area (Å²) in [6.45, 7) is 4.23. The third-order valence-electron chi connectivity index (χ3n) is 4.12. The van der Waals surface area contributed by atoms with Gasteiger partial charge in [-0.1, -0.05) is 24.2 Å². The Bertz CT molecular complexity index is 650. The van der Waals surface area contributed by atoms with E-state index in [1.807, 2.05) is 7.05 Å². The first kappa shape index (κ1) is 14.0. The van der Waals surface area contributed by atoms with Crippen molar-refractivity contribution in [3.63, 3.8) is 0 Å². The second-order valence-corrected chi connectivity index (χ2v) is 6.13. The molecule has 0 aliphatic heterocycles. The van der Waals surface area contributed by atoms with E-state index in [0.29, 0.717) is 5.89 Å². The van der Waals surface area contributed by atoms with E-state index in [-0.39, 0.29) is 22.8 Å². The first-order valence-corrected chi connectivity index (χ1v) is 6.89. The molecular weight excluding hydrogens is 273 g/mol. The van der Waals surface area contributed by atoms with Gasteiger partial charge >= 0.3 is 6.08 Å². The van der Waals surface area contributed by atoms with Gasteiger partial charge in [0.05, 0.1) is 0 Å². The third-order valence-corrected chi connectivity index (χ3v) is 4.12. The van der Waals surface area contributed by atoms with Crippen LogP contribution in [0, 0.1) is 5.82 Å². The minimum absolute atomic E-state index is 0.0330. The SMILES string of the molecule is CNC1(C)CC(C)(c2nnc(Oc3ccccc3F)o2)C1. The van der Waals surface area contributed by atoms with Crippen LogP contribution in [0.15, 0.2) is 28.7 Å². The van der Waals surface area contributed by atoms with Gasteiger partial charge in [-0.25, -0.2) is 4.39 Å². The molecule has 1 aromatic heterocycles. The summed E-state index contributed by atoms with van der Waals surface area (Å²) in [5.74, 6) is 0.142. The third kappa shape index (κ3) is 2.51. The summed E-state index contributed by atoms with van der Waals surface area (Å²) in [7, 11) is 1.94. The molecule has 1 N–H and O–H groups in total. The summed E-state index contributed by atoms with van der Waals surface area (Å²) in [4.78, 5) is 0. The number of halogens is 1. The molecule has 0 atom stereocenters.